The van der Waals surface area contributed by atoms with Gasteiger partial charge in [-0.2, -0.15) is 14.8 Å². The lowest BCUT2D eigenvalue weighted by molar-refractivity contribution is -0.113. The van der Waals surface area contributed by atoms with Crippen molar-refractivity contribution in [3.8, 4) is 5.75 Å². The Morgan fingerprint density at radius 3 is 2.48 bits per heavy atom. The highest BCUT2D eigenvalue weighted by Crippen LogP contribution is 2.17. The number of benzene rings is 1. The Labute approximate surface area is 155 Å². The van der Waals surface area contributed by atoms with Crippen LogP contribution in [0.25, 0.3) is 0 Å². The lowest BCUT2D eigenvalue weighted by Gasteiger charge is -2.13. The normalized spacial score (nSPS) is 13.7. The summed E-state index contributed by atoms with van der Waals surface area (Å²) >= 11 is 0. The molecule has 1 aliphatic heterocycles. The van der Waals surface area contributed by atoms with Crippen LogP contribution in [0.4, 0.5) is 16.3 Å². The summed E-state index contributed by atoms with van der Waals surface area (Å²) in [7, 11) is 1.57. The molecule has 27 heavy (non-hydrogen) atoms. The molecule has 1 aromatic heterocycles. The summed E-state index contributed by atoms with van der Waals surface area (Å²) in [5.74, 6) is 0.593. The van der Waals surface area contributed by atoms with Gasteiger partial charge < -0.3 is 10.1 Å². The van der Waals surface area contributed by atoms with Gasteiger partial charge in [-0.25, -0.2) is 9.79 Å². The number of anilines is 2. The predicted octanol–water partition coefficient (Wildman–Crippen LogP) is 2.61. The standard InChI is InChI=1S/C18H18N6O3/c1-10-9-15(21-18(26)20-13-5-7-14(27-4)8-6-13)24(23-10)17-19-12(3)11(2)16(25)22-17/h5-9H,2H2,1,3-4H3,(H2,20,21,26). The fourth-order valence-corrected chi connectivity index (χ4v) is 2.34. The maximum Gasteiger partial charge on any atom is 0.324 e. The van der Waals surface area contributed by atoms with Gasteiger partial charge in [0.15, 0.2) is 0 Å². The lowest BCUT2D eigenvalue weighted by Crippen LogP contribution is -2.26. The van der Waals surface area contributed by atoms with E-state index in [9.17, 15) is 9.59 Å². The second-order valence-electron chi connectivity index (χ2n) is 5.78. The molecule has 2 aromatic rings. The summed E-state index contributed by atoms with van der Waals surface area (Å²) < 4.78 is 6.38. The number of aliphatic imine (C=N–C) groups is 2. The van der Waals surface area contributed by atoms with Gasteiger partial charge in [0.25, 0.3) is 11.9 Å². The molecular formula is C18H18N6O3. The van der Waals surface area contributed by atoms with Crippen LogP contribution in [0.1, 0.15) is 12.6 Å². The van der Waals surface area contributed by atoms with Gasteiger partial charge >= 0.3 is 6.03 Å². The summed E-state index contributed by atoms with van der Waals surface area (Å²) in [4.78, 5) is 32.3. The van der Waals surface area contributed by atoms with Crippen molar-refractivity contribution in [3.05, 3.63) is 48.2 Å². The lowest BCUT2D eigenvalue weighted by atomic mass is 10.2. The number of amides is 3. The number of rotatable bonds is 3. The van der Waals surface area contributed by atoms with E-state index in [0.717, 1.165) is 0 Å². The number of carbonyl (C=O) groups is 2. The Morgan fingerprint density at radius 2 is 1.85 bits per heavy atom. The van der Waals surface area contributed by atoms with E-state index in [4.69, 9.17) is 4.74 Å². The summed E-state index contributed by atoms with van der Waals surface area (Å²) in [5, 5.41) is 9.63. The van der Waals surface area contributed by atoms with Crippen LogP contribution in [0.5, 0.6) is 5.75 Å². The molecular weight excluding hydrogens is 348 g/mol. The van der Waals surface area contributed by atoms with E-state index in [1.54, 1.807) is 51.3 Å². The van der Waals surface area contributed by atoms with Crippen LogP contribution in [0.3, 0.4) is 0 Å². The van der Waals surface area contributed by atoms with Gasteiger partial charge in [-0.05, 0) is 38.1 Å². The van der Waals surface area contributed by atoms with Gasteiger partial charge in [0, 0.05) is 11.8 Å². The molecule has 3 amide bonds. The average molecular weight is 366 g/mol. The molecule has 0 aliphatic carbocycles. The monoisotopic (exact) mass is 366 g/mol. The molecule has 0 saturated carbocycles. The van der Waals surface area contributed by atoms with Crippen LogP contribution in [-0.2, 0) is 4.79 Å². The minimum Gasteiger partial charge on any atom is -0.497 e. The number of aryl methyl sites for hydroxylation is 1. The summed E-state index contributed by atoms with van der Waals surface area (Å²) in [6, 6.07) is 8.06. The summed E-state index contributed by atoms with van der Waals surface area (Å²) in [6.45, 7) is 7.05. The van der Waals surface area contributed by atoms with Crippen LogP contribution in [-0.4, -0.2) is 40.5 Å². The number of nitrogens with zero attached hydrogens (tertiary/aromatic N) is 4. The molecule has 9 nitrogen and oxygen atoms in total. The topological polar surface area (TPSA) is 110 Å². The van der Waals surface area contributed by atoms with E-state index >= 15 is 0 Å². The number of carbonyl (C=O) groups excluding carboxylic acids is 2. The molecule has 0 bridgehead atoms. The Bertz CT molecular complexity index is 985. The highest BCUT2D eigenvalue weighted by Gasteiger charge is 2.21. The van der Waals surface area contributed by atoms with E-state index in [2.05, 4.69) is 32.3 Å². The fraction of sp³-hybridized carbons (Fsp3) is 0.167. The van der Waals surface area contributed by atoms with Crippen molar-refractivity contribution in [2.45, 2.75) is 13.8 Å². The zero-order valence-corrected chi connectivity index (χ0v) is 15.1. The van der Waals surface area contributed by atoms with Crippen molar-refractivity contribution in [1.82, 2.24) is 9.78 Å². The van der Waals surface area contributed by atoms with Crippen molar-refractivity contribution in [2.75, 3.05) is 17.7 Å². The quantitative estimate of drug-likeness (QED) is 0.814. The number of urea groups is 1. The molecule has 0 saturated heterocycles. The van der Waals surface area contributed by atoms with Gasteiger partial charge in [-0.3, -0.25) is 10.1 Å². The number of ether oxygens (including phenoxy) is 1. The number of aromatic nitrogens is 2. The summed E-state index contributed by atoms with van der Waals surface area (Å²) in [5.41, 5.74) is 1.90. The number of nitrogens with one attached hydrogen (secondary N) is 2. The fourth-order valence-electron chi connectivity index (χ4n) is 2.34. The first-order chi connectivity index (χ1) is 12.9. The molecule has 9 heteroatoms. The molecule has 0 fully saturated rings. The van der Waals surface area contributed by atoms with Gasteiger partial charge in [0.05, 0.1) is 24.1 Å². The average Bonchev–Trinajstić information content (AvgIpc) is 3.00. The first-order valence-corrected chi connectivity index (χ1v) is 8.04. The third-order valence-electron chi connectivity index (χ3n) is 3.77. The van der Waals surface area contributed by atoms with Crippen molar-refractivity contribution in [1.29, 1.82) is 0 Å². The van der Waals surface area contributed by atoms with Gasteiger partial charge in [-0.1, -0.05) is 6.58 Å². The molecule has 2 N–H and O–H groups in total. The maximum atomic E-state index is 12.3. The van der Waals surface area contributed by atoms with Crippen LogP contribution in [0.2, 0.25) is 0 Å². The van der Waals surface area contributed by atoms with Crippen molar-refractivity contribution < 1.29 is 14.3 Å². The Kier molecular flexibility index (Phi) is 4.84. The van der Waals surface area contributed by atoms with Crippen LogP contribution < -0.4 is 15.4 Å². The minimum absolute atomic E-state index is 0.0674. The molecule has 1 aromatic carbocycles. The number of hydrogen-bond acceptors (Lipinski definition) is 5. The molecule has 1 aliphatic rings. The van der Waals surface area contributed by atoms with E-state index in [0.29, 0.717) is 28.7 Å². The number of hydrogen-bond donors (Lipinski definition) is 2. The smallest absolute Gasteiger partial charge is 0.324 e. The van der Waals surface area contributed by atoms with E-state index in [1.165, 1.54) is 4.68 Å². The van der Waals surface area contributed by atoms with Crippen molar-refractivity contribution in [3.63, 3.8) is 0 Å². The number of methoxy groups -OCH3 is 1. The Balaban J connectivity index is 1.80. The molecule has 0 spiro atoms. The minimum atomic E-state index is -0.487. The zero-order valence-electron chi connectivity index (χ0n) is 15.1. The highest BCUT2D eigenvalue weighted by atomic mass is 16.5. The first kappa shape index (κ1) is 18.1. The Morgan fingerprint density at radius 1 is 1.15 bits per heavy atom. The first-order valence-electron chi connectivity index (χ1n) is 8.04. The van der Waals surface area contributed by atoms with Crippen LogP contribution in [0, 0.1) is 6.92 Å². The van der Waals surface area contributed by atoms with Crippen molar-refractivity contribution in [2.24, 2.45) is 9.98 Å². The van der Waals surface area contributed by atoms with E-state index in [-0.39, 0.29) is 11.5 Å². The third kappa shape index (κ3) is 3.92. The largest absolute Gasteiger partial charge is 0.497 e. The van der Waals surface area contributed by atoms with Crippen LogP contribution >= 0.6 is 0 Å². The SMILES string of the molecule is C=C1C(=O)N=C(n2nc(C)cc2NC(=O)Nc2ccc(OC)cc2)N=C1C. The molecule has 0 unspecified atom stereocenters. The second kappa shape index (κ2) is 7.24. The van der Waals surface area contributed by atoms with Crippen molar-refractivity contribution >= 4 is 35.1 Å². The van der Waals surface area contributed by atoms with Gasteiger partial charge in [0.1, 0.15) is 11.6 Å². The Hall–Kier alpha value is -3.75. The predicted molar refractivity (Wildman–Crippen MR) is 103 cm³/mol. The molecule has 138 valence electrons. The van der Waals surface area contributed by atoms with Gasteiger partial charge in [0.2, 0.25) is 0 Å². The highest BCUT2D eigenvalue weighted by molar-refractivity contribution is 6.27. The zero-order chi connectivity index (χ0) is 19.6. The van der Waals surface area contributed by atoms with Gasteiger partial charge in [-0.15, -0.1) is 0 Å². The van der Waals surface area contributed by atoms with Crippen LogP contribution in [0.15, 0.2) is 52.5 Å². The maximum absolute atomic E-state index is 12.3. The summed E-state index contributed by atoms with van der Waals surface area (Å²) in [6.07, 6.45) is 0. The second-order valence-corrected chi connectivity index (χ2v) is 5.78. The third-order valence-corrected chi connectivity index (χ3v) is 3.77. The molecule has 0 atom stereocenters. The molecule has 0 radical (unpaired) electrons. The molecule has 3 rings (SSSR count). The molecule has 2 heterocycles. The van der Waals surface area contributed by atoms with E-state index in [1.807, 2.05) is 0 Å². The van der Waals surface area contributed by atoms with E-state index < -0.39 is 11.9 Å².